The molecule has 0 aliphatic carbocycles. The van der Waals surface area contributed by atoms with E-state index < -0.39 is 0 Å². The van der Waals surface area contributed by atoms with Crippen LogP contribution in [0.5, 0.6) is 5.75 Å². The first-order chi connectivity index (χ1) is 14.5. The van der Waals surface area contributed by atoms with Crippen LogP contribution in [0.4, 0.5) is 5.69 Å². The van der Waals surface area contributed by atoms with Crippen LogP contribution < -0.4 is 10.1 Å². The van der Waals surface area contributed by atoms with Crippen LogP contribution in [0.1, 0.15) is 43.4 Å². The molecular formula is C27H31NO2. The van der Waals surface area contributed by atoms with Crippen LogP contribution in [0.3, 0.4) is 0 Å². The van der Waals surface area contributed by atoms with E-state index in [0.29, 0.717) is 12.5 Å². The third kappa shape index (κ3) is 6.48. The fourth-order valence-electron chi connectivity index (χ4n) is 3.38. The van der Waals surface area contributed by atoms with Gasteiger partial charge in [-0.15, -0.1) is 0 Å². The van der Waals surface area contributed by atoms with Crippen molar-refractivity contribution in [2.75, 3.05) is 11.9 Å². The predicted molar refractivity (Wildman–Crippen MR) is 124 cm³/mol. The molecule has 0 spiro atoms. The Balaban J connectivity index is 1.49. The minimum Gasteiger partial charge on any atom is -0.493 e. The minimum atomic E-state index is -0.208. The van der Waals surface area contributed by atoms with Crippen molar-refractivity contribution in [3.05, 3.63) is 95.6 Å². The summed E-state index contributed by atoms with van der Waals surface area (Å²) < 4.78 is 5.81. The van der Waals surface area contributed by atoms with Gasteiger partial charge in [0.2, 0.25) is 5.91 Å². The lowest BCUT2D eigenvalue weighted by atomic mass is 9.96. The van der Waals surface area contributed by atoms with Crippen molar-refractivity contribution in [1.82, 2.24) is 0 Å². The van der Waals surface area contributed by atoms with E-state index in [9.17, 15) is 4.79 Å². The number of hydrogen-bond acceptors (Lipinski definition) is 2. The molecule has 0 heterocycles. The first-order valence-corrected chi connectivity index (χ1v) is 10.7. The summed E-state index contributed by atoms with van der Waals surface area (Å²) in [5.74, 6) is 1.21. The minimum absolute atomic E-state index is 0.00986. The Labute approximate surface area is 180 Å². The second-order valence-electron chi connectivity index (χ2n) is 8.16. The van der Waals surface area contributed by atoms with Crippen molar-refractivity contribution in [1.29, 1.82) is 0 Å². The van der Waals surface area contributed by atoms with Gasteiger partial charge in [-0.05, 0) is 60.2 Å². The van der Waals surface area contributed by atoms with Gasteiger partial charge >= 0.3 is 0 Å². The fraction of sp³-hybridized carbons (Fsp3) is 0.296. The van der Waals surface area contributed by atoms with Gasteiger partial charge in [0.05, 0.1) is 12.5 Å². The third-order valence-electron chi connectivity index (χ3n) is 5.14. The van der Waals surface area contributed by atoms with Crippen molar-refractivity contribution in [2.24, 2.45) is 5.92 Å². The molecule has 3 nitrogen and oxygen atoms in total. The Bertz CT molecular complexity index is 915. The molecule has 3 rings (SSSR count). The molecule has 0 fully saturated rings. The van der Waals surface area contributed by atoms with Gasteiger partial charge in [-0.25, -0.2) is 0 Å². The Morgan fingerprint density at radius 1 is 0.833 bits per heavy atom. The third-order valence-corrected chi connectivity index (χ3v) is 5.14. The molecule has 0 aliphatic heterocycles. The van der Waals surface area contributed by atoms with E-state index in [1.54, 1.807) is 0 Å². The second kappa shape index (κ2) is 10.6. The Morgan fingerprint density at radius 3 is 2.13 bits per heavy atom. The van der Waals surface area contributed by atoms with Gasteiger partial charge in [0.25, 0.3) is 0 Å². The van der Waals surface area contributed by atoms with E-state index in [4.69, 9.17) is 4.74 Å². The quantitative estimate of drug-likeness (QED) is 0.460. The maximum atomic E-state index is 12.6. The molecule has 0 saturated heterocycles. The number of carbonyl (C=O) groups is 1. The molecule has 3 aromatic rings. The molecule has 0 radical (unpaired) electrons. The molecule has 1 atom stereocenters. The number of rotatable bonds is 9. The molecule has 3 heteroatoms. The highest BCUT2D eigenvalue weighted by Crippen LogP contribution is 2.21. The van der Waals surface area contributed by atoms with Crippen molar-refractivity contribution < 1.29 is 9.53 Å². The van der Waals surface area contributed by atoms with E-state index in [-0.39, 0.29) is 11.8 Å². The normalized spacial score (nSPS) is 11.9. The van der Waals surface area contributed by atoms with Gasteiger partial charge in [0.1, 0.15) is 5.75 Å². The lowest BCUT2D eigenvalue weighted by Crippen LogP contribution is -2.18. The molecule has 1 unspecified atom stereocenters. The summed E-state index contributed by atoms with van der Waals surface area (Å²) >= 11 is 0. The van der Waals surface area contributed by atoms with Crippen LogP contribution in [0.25, 0.3) is 0 Å². The van der Waals surface area contributed by atoms with Crippen molar-refractivity contribution >= 4 is 11.6 Å². The molecular weight excluding hydrogens is 370 g/mol. The summed E-state index contributed by atoms with van der Waals surface area (Å²) in [6, 6.07) is 26.2. The van der Waals surface area contributed by atoms with E-state index in [0.717, 1.165) is 29.8 Å². The SMILES string of the molecule is CC(C)Cc1ccc(C(C)C(=O)Nc2ccc(OCCc3ccccc3)cc2)cc1. The first-order valence-electron chi connectivity index (χ1n) is 10.7. The zero-order valence-electron chi connectivity index (χ0n) is 18.1. The summed E-state index contributed by atoms with van der Waals surface area (Å²) in [5, 5.41) is 3.00. The van der Waals surface area contributed by atoms with Gasteiger partial charge in [-0.3, -0.25) is 4.79 Å². The average molecular weight is 402 g/mol. The maximum absolute atomic E-state index is 12.6. The molecule has 3 aromatic carbocycles. The highest BCUT2D eigenvalue weighted by atomic mass is 16.5. The zero-order valence-corrected chi connectivity index (χ0v) is 18.1. The van der Waals surface area contributed by atoms with Gasteiger partial charge in [0, 0.05) is 12.1 Å². The number of anilines is 1. The first kappa shape index (κ1) is 21.6. The molecule has 1 N–H and O–H groups in total. The van der Waals surface area contributed by atoms with Gasteiger partial charge in [-0.1, -0.05) is 68.4 Å². The van der Waals surface area contributed by atoms with Crippen LogP contribution in [-0.2, 0) is 17.6 Å². The molecule has 0 aromatic heterocycles. The number of ether oxygens (including phenoxy) is 1. The van der Waals surface area contributed by atoms with Crippen LogP contribution in [0.15, 0.2) is 78.9 Å². The predicted octanol–water partition coefficient (Wildman–Crippen LogP) is 6.25. The Hall–Kier alpha value is -3.07. The van der Waals surface area contributed by atoms with E-state index >= 15 is 0 Å². The molecule has 0 aliphatic rings. The zero-order chi connectivity index (χ0) is 21.3. The molecule has 156 valence electrons. The van der Waals surface area contributed by atoms with Crippen LogP contribution in [0, 0.1) is 5.92 Å². The Morgan fingerprint density at radius 2 is 1.50 bits per heavy atom. The monoisotopic (exact) mass is 401 g/mol. The molecule has 0 saturated carbocycles. The number of carbonyl (C=O) groups excluding carboxylic acids is 1. The highest BCUT2D eigenvalue weighted by molar-refractivity contribution is 5.95. The highest BCUT2D eigenvalue weighted by Gasteiger charge is 2.15. The molecule has 30 heavy (non-hydrogen) atoms. The second-order valence-corrected chi connectivity index (χ2v) is 8.16. The lowest BCUT2D eigenvalue weighted by molar-refractivity contribution is -0.117. The van der Waals surface area contributed by atoms with Crippen molar-refractivity contribution in [3.63, 3.8) is 0 Å². The average Bonchev–Trinajstić information content (AvgIpc) is 2.75. The summed E-state index contributed by atoms with van der Waals surface area (Å²) in [7, 11) is 0. The van der Waals surface area contributed by atoms with Gasteiger partial charge in [0.15, 0.2) is 0 Å². The van der Waals surface area contributed by atoms with Crippen molar-refractivity contribution in [2.45, 2.75) is 39.5 Å². The maximum Gasteiger partial charge on any atom is 0.231 e. The van der Waals surface area contributed by atoms with Crippen LogP contribution >= 0.6 is 0 Å². The van der Waals surface area contributed by atoms with E-state index in [1.807, 2.05) is 49.4 Å². The number of amides is 1. The molecule has 0 bridgehead atoms. The number of nitrogens with one attached hydrogen (secondary N) is 1. The van der Waals surface area contributed by atoms with E-state index in [2.05, 4.69) is 55.6 Å². The lowest BCUT2D eigenvalue weighted by Gasteiger charge is -2.14. The van der Waals surface area contributed by atoms with Crippen molar-refractivity contribution in [3.8, 4) is 5.75 Å². The standard InChI is InChI=1S/C27H31NO2/c1-20(2)19-23-9-11-24(12-10-23)21(3)27(29)28-25-13-15-26(16-14-25)30-18-17-22-7-5-4-6-8-22/h4-16,20-21H,17-19H2,1-3H3,(H,28,29). The number of benzene rings is 3. The summed E-state index contributed by atoms with van der Waals surface area (Å²) in [6.07, 6.45) is 1.92. The topological polar surface area (TPSA) is 38.3 Å². The summed E-state index contributed by atoms with van der Waals surface area (Å²) in [4.78, 5) is 12.6. The van der Waals surface area contributed by atoms with Gasteiger partial charge < -0.3 is 10.1 Å². The van der Waals surface area contributed by atoms with Crippen LogP contribution in [0.2, 0.25) is 0 Å². The summed E-state index contributed by atoms with van der Waals surface area (Å²) in [5.41, 5.74) is 4.37. The number of hydrogen-bond donors (Lipinski definition) is 1. The summed E-state index contributed by atoms with van der Waals surface area (Å²) in [6.45, 7) is 6.99. The van der Waals surface area contributed by atoms with Crippen LogP contribution in [-0.4, -0.2) is 12.5 Å². The smallest absolute Gasteiger partial charge is 0.231 e. The Kier molecular flexibility index (Phi) is 7.67. The van der Waals surface area contributed by atoms with E-state index in [1.165, 1.54) is 11.1 Å². The fourth-order valence-corrected chi connectivity index (χ4v) is 3.38. The molecule has 1 amide bonds. The largest absolute Gasteiger partial charge is 0.493 e. The van der Waals surface area contributed by atoms with Gasteiger partial charge in [-0.2, -0.15) is 0 Å².